The fourth-order valence-electron chi connectivity index (χ4n) is 0.815. The first-order chi connectivity index (χ1) is 6.04. The van der Waals surface area contributed by atoms with Gasteiger partial charge in [-0.15, -0.1) is 0 Å². The number of aromatic nitrogens is 2. The molecule has 1 aromatic rings. The van der Waals surface area contributed by atoms with Gasteiger partial charge in [0.1, 0.15) is 0 Å². The van der Waals surface area contributed by atoms with E-state index in [1.54, 1.807) is 0 Å². The molecule has 1 rings (SSSR count). The monoisotopic (exact) mass is 220 g/mol. The van der Waals surface area contributed by atoms with Gasteiger partial charge in [0.05, 0.1) is 19.1 Å². The predicted octanol–water partition coefficient (Wildman–Crippen LogP) is -0.661. The lowest BCUT2D eigenvalue weighted by Gasteiger charge is -1.96. The summed E-state index contributed by atoms with van der Waals surface area (Å²) in [6.07, 6.45) is 4.09. The largest absolute Gasteiger partial charge is 0.420 e. The van der Waals surface area contributed by atoms with Gasteiger partial charge in [0.2, 0.25) is 0 Å². The molecule has 1 aromatic heterocycles. The van der Waals surface area contributed by atoms with Gasteiger partial charge in [-0.3, -0.25) is 0 Å². The molecule has 0 radical (unpaired) electrons. The zero-order valence-electron chi connectivity index (χ0n) is 7.60. The van der Waals surface area contributed by atoms with Gasteiger partial charge in [-0.25, -0.2) is 8.42 Å². The second-order valence-electron chi connectivity index (χ2n) is 2.62. The first-order valence-electron chi connectivity index (χ1n) is 3.86. The van der Waals surface area contributed by atoms with Crippen molar-refractivity contribution < 1.29 is 12.8 Å². The van der Waals surface area contributed by atoms with Gasteiger partial charge >= 0.3 is 0 Å². The molecule has 0 unspecified atom stereocenters. The first kappa shape index (κ1) is 10.4. The van der Waals surface area contributed by atoms with Crippen molar-refractivity contribution >= 4 is 19.8 Å². The molecule has 7 heteroatoms. The molecule has 13 heavy (non-hydrogen) atoms. The average Bonchev–Trinajstić information content (AvgIpc) is 2.47. The first-order valence-corrected chi connectivity index (χ1v) is 7.70. The van der Waals surface area contributed by atoms with Gasteiger partial charge in [-0.2, -0.15) is 9.19 Å². The maximum Gasteiger partial charge on any atom is 0.250 e. The van der Waals surface area contributed by atoms with Gasteiger partial charge in [0.25, 0.3) is 10.0 Å². The van der Waals surface area contributed by atoms with E-state index in [0.29, 0.717) is 6.61 Å². The maximum absolute atomic E-state index is 11.0. The Morgan fingerprint density at radius 2 is 2.38 bits per heavy atom. The third kappa shape index (κ3) is 2.94. The Labute approximate surface area is 79.7 Å². The molecule has 0 aliphatic carbocycles. The highest BCUT2D eigenvalue weighted by molar-refractivity contribution is 7.89. The molecule has 0 amide bonds. The summed E-state index contributed by atoms with van der Waals surface area (Å²) in [5.41, 5.74) is 0.791. The maximum atomic E-state index is 11.0. The van der Waals surface area contributed by atoms with Crippen molar-refractivity contribution in [2.24, 2.45) is 0 Å². The van der Waals surface area contributed by atoms with Crippen LogP contribution in [0.2, 0.25) is 6.55 Å². The van der Waals surface area contributed by atoms with E-state index in [2.05, 4.69) is 5.10 Å². The summed E-state index contributed by atoms with van der Waals surface area (Å²) in [5.74, 6) is 0. The molecule has 0 atom stereocenters. The minimum Gasteiger partial charge on any atom is -0.420 e. The summed E-state index contributed by atoms with van der Waals surface area (Å²) in [7, 11) is -3.69. The summed E-state index contributed by atoms with van der Waals surface area (Å²) in [5, 5.41) is 3.70. The van der Waals surface area contributed by atoms with Crippen LogP contribution < -0.4 is 0 Å². The SMILES string of the molecule is C[SiH2]OCc1cnn(S(C)(=O)=O)c1. The number of hydrogen-bond donors (Lipinski definition) is 0. The van der Waals surface area contributed by atoms with Gasteiger partial charge in [0, 0.05) is 11.8 Å². The van der Waals surface area contributed by atoms with Crippen molar-refractivity contribution in [1.29, 1.82) is 0 Å². The zero-order valence-corrected chi connectivity index (χ0v) is 9.83. The second-order valence-corrected chi connectivity index (χ2v) is 5.45. The van der Waals surface area contributed by atoms with Crippen molar-refractivity contribution in [2.45, 2.75) is 13.2 Å². The molecule has 0 bridgehead atoms. The molecule has 0 aromatic carbocycles. The number of rotatable bonds is 4. The minimum absolute atomic E-state index is 0.441. The van der Waals surface area contributed by atoms with Crippen LogP contribution in [0, 0.1) is 0 Å². The van der Waals surface area contributed by atoms with Crippen LogP contribution in [0.4, 0.5) is 0 Å². The van der Waals surface area contributed by atoms with E-state index >= 15 is 0 Å². The van der Waals surface area contributed by atoms with E-state index in [0.717, 1.165) is 15.9 Å². The molecule has 5 nitrogen and oxygen atoms in total. The smallest absolute Gasteiger partial charge is 0.250 e. The van der Waals surface area contributed by atoms with Crippen LogP contribution in [0.1, 0.15) is 5.56 Å². The number of hydrogen-bond acceptors (Lipinski definition) is 4. The quantitative estimate of drug-likeness (QED) is 0.632. The van der Waals surface area contributed by atoms with Crippen LogP contribution in [-0.2, 0) is 21.1 Å². The van der Waals surface area contributed by atoms with Gasteiger partial charge in [-0.1, -0.05) is 6.55 Å². The van der Waals surface area contributed by atoms with Crippen molar-refractivity contribution in [1.82, 2.24) is 9.19 Å². The van der Waals surface area contributed by atoms with E-state index in [9.17, 15) is 8.42 Å². The van der Waals surface area contributed by atoms with Crippen LogP contribution in [0.5, 0.6) is 0 Å². The van der Waals surface area contributed by atoms with E-state index in [4.69, 9.17) is 4.43 Å². The summed E-state index contributed by atoms with van der Waals surface area (Å²) in [4.78, 5) is 0. The Kier molecular flexibility index (Phi) is 3.23. The molecule has 0 aliphatic rings. The normalized spacial score (nSPS) is 12.8. The van der Waals surface area contributed by atoms with E-state index in [1.807, 2.05) is 6.55 Å². The molecule has 0 saturated heterocycles. The molecule has 0 saturated carbocycles. The van der Waals surface area contributed by atoms with E-state index < -0.39 is 19.8 Å². The highest BCUT2D eigenvalue weighted by atomic mass is 32.2. The van der Waals surface area contributed by atoms with E-state index in [-0.39, 0.29) is 0 Å². The summed E-state index contributed by atoms with van der Waals surface area (Å²) in [6, 6.07) is 0. The van der Waals surface area contributed by atoms with Crippen molar-refractivity contribution in [3.05, 3.63) is 18.0 Å². The minimum atomic E-state index is -3.25. The molecule has 0 fully saturated rings. The molecule has 74 valence electrons. The van der Waals surface area contributed by atoms with Crippen LogP contribution >= 0.6 is 0 Å². The van der Waals surface area contributed by atoms with Crippen LogP contribution in [-0.4, -0.2) is 33.6 Å². The summed E-state index contributed by atoms with van der Waals surface area (Å²) < 4.78 is 28.2. The Hall–Kier alpha value is -0.663. The topological polar surface area (TPSA) is 61.2 Å². The lowest BCUT2D eigenvalue weighted by Crippen LogP contribution is -2.09. The molecule has 1 heterocycles. The molecule has 0 spiro atoms. The zero-order chi connectivity index (χ0) is 9.90. The number of nitrogens with zero attached hydrogens (tertiary/aromatic N) is 2. The Morgan fingerprint density at radius 3 is 2.85 bits per heavy atom. The molecular formula is C6H12N2O3SSi. The lowest BCUT2D eigenvalue weighted by molar-refractivity contribution is 0.327. The highest BCUT2D eigenvalue weighted by Crippen LogP contribution is 2.01. The van der Waals surface area contributed by atoms with Gasteiger partial charge in [0.15, 0.2) is 9.76 Å². The standard InChI is InChI=1S/C6H12N2O3SSi/c1-12(9,10)8-4-6(3-7-8)5-11-13-2/h3-4H,5,13H2,1-2H3. The lowest BCUT2D eigenvalue weighted by atomic mass is 10.4. The molecule has 0 N–H and O–H groups in total. The molecule has 0 aliphatic heterocycles. The average molecular weight is 220 g/mol. The fraction of sp³-hybridized carbons (Fsp3) is 0.500. The summed E-state index contributed by atoms with van der Waals surface area (Å²) in [6.45, 7) is 2.47. The molecular weight excluding hydrogens is 208 g/mol. The fourth-order valence-corrected chi connectivity index (χ4v) is 1.80. The highest BCUT2D eigenvalue weighted by Gasteiger charge is 2.06. The van der Waals surface area contributed by atoms with Crippen molar-refractivity contribution in [3.63, 3.8) is 0 Å². The van der Waals surface area contributed by atoms with Crippen LogP contribution in [0.15, 0.2) is 12.4 Å². The van der Waals surface area contributed by atoms with Crippen LogP contribution in [0.3, 0.4) is 0 Å². The Bertz CT molecular complexity index is 373. The van der Waals surface area contributed by atoms with E-state index in [1.165, 1.54) is 12.4 Å². The Morgan fingerprint density at radius 1 is 1.69 bits per heavy atom. The third-order valence-corrected chi connectivity index (χ3v) is 2.92. The van der Waals surface area contributed by atoms with Gasteiger partial charge < -0.3 is 4.43 Å². The predicted molar refractivity (Wildman–Crippen MR) is 51.7 cm³/mol. The van der Waals surface area contributed by atoms with Gasteiger partial charge in [-0.05, 0) is 0 Å². The Balaban J connectivity index is 2.76. The second kappa shape index (κ2) is 4.03. The third-order valence-electron chi connectivity index (χ3n) is 1.43. The van der Waals surface area contributed by atoms with Crippen molar-refractivity contribution in [2.75, 3.05) is 6.26 Å². The van der Waals surface area contributed by atoms with Crippen LogP contribution in [0.25, 0.3) is 0 Å². The van der Waals surface area contributed by atoms with Crippen molar-refractivity contribution in [3.8, 4) is 0 Å². The summed E-state index contributed by atoms with van der Waals surface area (Å²) >= 11 is 0.